The van der Waals surface area contributed by atoms with Crippen LogP contribution in [0.3, 0.4) is 0 Å². The minimum absolute atomic E-state index is 0.444. The van der Waals surface area contributed by atoms with Gasteiger partial charge in [-0.2, -0.15) is 0 Å². The summed E-state index contributed by atoms with van der Waals surface area (Å²) in [4.78, 5) is 13.2. The molecule has 0 bridgehead atoms. The van der Waals surface area contributed by atoms with Crippen molar-refractivity contribution >= 4 is 17.7 Å². The fourth-order valence-electron chi connectivity index (χ4n) is 3.86. The summed E-state index contributed by atoms with van der Waals surface area (Å²) in [6, 6.07) is 8.50. The van der Waals surface area contributed by atoms with Crippen LogP contribution in [0.25, 0.3) is 0 Å². The van der Waals surface area contributed by atoms with Gasteiger partial charge in [0.05, 0.1) is 5.41 Å². The molecule has 2 nitrogen and oxygen atoms in total. The molecule has 1 aliphatic carbocycles. The van der Waals surface area contributed by atoms with E-state index in [4.69, 9.17) is 0 Å². The summed E-state index contributed by atoms with van der Waals surface area (Å²) in [6.07, 6.45) is 5.82. The quantitative estimate of drug-likeness (QED) is 0.894. The van der Waals surface area contributed by atoms with Crippen LogP contribution in [0.2, 0.25) is 0 Å². The van der Waals surface area contributed by atoms with E-state index in [0.29, 0.717) is 11.2 Å². The van der Waals surface area contributed by atoms with Gasteiger partial charge in [0, 0.05) is 10.1 Å². The van der Waals surface area contributed by atoms with Crippen LogP contribution in [-0.2, 0) is 11.2 Å². The summed E-state index contributed by atoms with van der Waals surface area (Å²) in [6.45, 7) is 2.18. The zero-order valence-corrected chi connectivity index (χ0v) is 12.8. The molecule has 108 valence electrons. The van der Waals surface area contributed by atoms with Crippen LogP contribution in [0.1, 0.15) is 44.6 Å². The molecule has 20 heavy (non-hydrogen) atoms. The molecule has 1 aliphatic heterocycles. The molecule has 1 fully saturated rings. The molecule has 1 aromatic carbocycles. The third-order valence-electron chi connectivity index (χ3n) is 5.07. The zero-order chi connectivity index (χ0) is 14.2. The van der Waals surface area contributed by atoms with Crippen LogP contribution < -0.4 is 0 Å². The highest BCUT2D eigenvalue weighted by molar-refractivity contribution is 8.00. The fourth-order valence-corrected chi connectivity index (χ4v) is 5.34. The van der Waals surface area contributed by atoms with Gasteiger partial charge in [0.15, 0.2) is 0 Å². The van der Waals surface area contributed by atoms with Crippen molar-refractivity contribution in [2.75, 3.05) is 0 Å². The number of rotatable bonds is 4. The number of hydrogen-bond donors (Lipinski definition) is 1. The second kappa shape index (κ2) is 5.44. The van der Waals surface area contributed by atoms with Crippen molar-refractivity contribution in [1.82, 2.24) is 0 Å². The van der Waals surface area contributed by atoms with Gasteiger partial charge >= 0.3 is 5.97 Å². The molecule has 1 N–H and O–H groups in total. The lowest BCUT2D eigenvalue weighted by Gasteiger charge is -2.27. The summed E-state index contributed by atoms with van der Waals surface area (Å²) >= 11 is 1.88. The molecule has 0 amide bonds. The van der Waals surface area contributed by atoms with E-state index in [0.717, 1.165) is 38.5 Å². The molecule has 3 atom stereocenters. The highest BCUT2D eigenvalue weighted by Crippen LogP contribution is 2.50. The SMILES string of the molecule is CCC1CCC(CC2Cc3ccccc3S2)(C(=O)O)C1. The monoisotopic (exact) mass is 290 g/mol. The van der Waals surface area contributed by atoms with Crippen LogP contribution in [0.15, 0.2) is 29.2 Å². The Morgan fingerprint density at radius 2 is 2.25 bits per heavy atom. The zero-order valence-electron chi connectivity index (χ0n) is 12.0. The number of carboxylic acids is 1. The Hall–Kier alpha value is -0.960. The molecular weight excluding hydrogens is 268 g/mol. The lowest BCUT2D eigenvalue weighted by Crippen LogP contribution is -2.31. The molecule has 1 saturated carbocycles. The molecule has 1 heterocycles. The average Bonchev–Trinajstić information content (AvgIpc) is 3.02. The van der Waals surface area contributed by atoms with Crippen molar-refractivity contribution in [1.29, 1.82) is 0 Å². The molecule has 0 aromatic heterocycles. The van der Waals surface area contributed by atoms with Crippen LogP contribution in [-0.4, -0.2) is 16.3 Å². The molecule has 0 spiro atoms. The van der Waals surface area contributed by atoms with E-state index >= 15 is 0 Å². The summed E-state index contributed by atoms with van der Waals surface area (Å²) in [5.74, 6) is 0.0462. The molecule has 2 aliphatic rings. The first-order valence-electron chi connectivity index (χ1n) is 7.61. The molecule has 1 aromatic rings. The van der Waals surface area contributed by atoms with Gasteiger partial charge in [-0.3, -0.25) is 4.79 Å². The standard InChI is InChI=1S/C17H22O2S/c1-2-12-7-8-17(10-12,16(18)19)11-14-9-13-5-3-4-6-15(13)20-14/h3-6,12,14H,2,7-11H2,1H3,(H,18,19). The molecule has 3 rings (SSSR count). The fraction of sp³-hybridized carbons (Fsp3) is 0.588. The maximum Gasteiger partial charge on any atom is 0.309 e. The third kappa shape index (κ3) is 2.48. The van der Waals surface area contributed by atoms with Crippen molar-refractivity contribution in [2.24, 2.45) is 11.3 Å². The number of fused-ring (bicyclic) bond motifs is 1. The first-order chi connectivity index (χ1) is 9.63. The highest BCUT2D eigenvalue weighted by atomic mass is 32.2. The van der Waals surface area contributed by atoms with Gasteiger partial charge in [-0.05, 0) is 49.7 Å². The maximum absolute atomic E-state index is 11.8. The third-order valence-corrected chi connectivity index (χ3v) is 6.39. The Bertz CT molecular complexity index is 488. The lowest BCUT2D eigenvalue weighted by atomic mass is 9.79. The van der Waals surface area contributed by atoms with Crippen LogP contribution >= 0.6 is 11.8 Å². The van der Waals surface area contributed by atoms with Crippen molar-refractivity contribution < 1.29 is 9.90 Å². The Balaban J connectivity index is 1.72. The Morgan fingerprint density at radius 3 is 2.90 bits per heavy atom. The van der Waals surface area contributed by atoms with Gasteiger partial charge in [-0.1, -0.05) is 31.5 Å². The number of carbonyl (C=O) groups is 1. The van der Waals surface area contributed by atoms with E-state index in [-0.39, 0.29) is 0 Å². The maximum atomic E-state index is 11.8. The molecule has 0 saturated heterocycles. The van der Waals surface area contributed by atoms with Gasteiger partial charge in [-0.15, -0.1) is 11.8 Å². The van der Waals surface area contributed by atoms with E-state index < -0.39 is 11.4 Å². The number of aliphatic carboxylic acids is 1. The Kier molecular flexibility index (Phi) is 3.80. The van der Waals surface area contributed by atoms with E-state index in [9.17, 15) is 9.90 Å². The van der Waals surface area contributed by atoms with E-state index in [1.54, 1.807) is 0 Å². The molecule has 3 unspecified atom stereocenters. The summed E-state index contributed by atoms with van der Waals surface area (Å²) in [5, 5.41) is 10.2. The number of carboxylic acid groups (broad SMARTS) is 1. The summed E-state index contributed by atoms with van der Waals surface area (Å²) < 4.78 is 0. The summed E-state index contributed by atoms with van der Waals surface area (Å²) in [5.41, 5.74) is 0.938. The number of thioether (sulfide) groups is 1. The van der Waals surface area contributed by atoms with Gasteiger partial charge in [0.25, 0.3) is 0 Å². The van der Waals surface area contributed by atoms with Crippen molar-refractivity contribution in [3.05, 3.63) is 29.8 Å². The predicted octanol–water partition coefficient (Wildman–Crippen LogP) is 4.37. The van der Waals surface area contributed by atoms with Gasteiger partial charge in [-0.25, -0.2) is 0 Å². The first kappa shape index (κ1) is 14.0. The van der Waals surface area contributed by atoms with Crippen molar-refractivity contribution in [3.63, 3.8) is 0 Å². The number of benzene rings is 1. The summed E-state index contributed by atoms with van der Waals surface area (Å²) in [7, 11) is 0. The highest BCUT2D eigenvalue weighted by Gasteiger charge is 2.46. The van der Waals surface area contributed by atoms with Gasteiger partial charge in [0.1, 0.15) is 0 Å². The normalized spacial score (nSPS) is 32.2. The van der Waals surface area contributed by atoms with Gasteiger partial charge < -0.3 is 5.11 Å². The largest absolute Gasteiger partial charge is 0.481 e. The van der Waals surface area contributed by atoms with E-state index in [1.807, 2.05) is 11.8 Å². The minimum Gasteiger partial charge on any atom is -0.481 e. The topological polar surface area (TPSA) is 37.3 Å². The second-order valence-corrected chi connectivity index (χ2v) is 7.70. The molecule has 0 radical (unpaired) electrons. The Morgan fingerprint density at radius 1 is 1.45 bits per heavy atom. The molecular formula is C17H22O2S. The van der Waals surface area contributed by atoms with Crippen LogP contribution in [0, 0.1) is 11.3 Å². The number of hydrogen-bond acceptors (Lipinski definition) is 2. The molecule has 3 heteroatoms. The van der Waals surface area contributed by atoms with Gasteiger partial charge in [0.2, 0.25) is 0 Å². The van der Waals surface area contributed by atoms with E-state index in [1.165, 1.54) is 10.5 Å². The lowest BCUT2D eigenvalue weighted by molar-refractivity contribution is -0.149. The minimum atomic E-state index is -0.565. The van der Waals surface area contributed by atoms with Crippen LogP contribution in [0.5, 0.6) is 0 Å². The average molecular weight is 290 g/mol. The van der Waals surface area contributed by atoms with Crippen molar-refractivity contribution in [3.8, 4) is 0 Å². The van der Waals surface area contributed by atoms with E-state index in [2.05, 4.69) is 31.2 Å². The van der Waals surface area contributed by atoms with Crippen LogP contribution in [0.4, 0.5) is 0 Å². The van der Waals surface area contributed by atoms with Crippen molar-refractivity contribution in [2.45, 2.75) is 55.6 Å². The second-order valence-electron chi connectivity index (χ2n) is 6.36. The first-order valence-corrected chi connectivity index (χ1v) is 8.49. The Labute approximate surface area is 125 Å². The smallest absolute Gasteiger partial charge is 0.309 e. The predicted molar refractivity (Wildman–Crippen MR) is 82.1 cm³/mol.